The maximum absolute atomic E-state index is 11.4. The minimum Gasteiger partial charge on any atom is -0.326 e. The summed E-state index contributed by atoms with van der Waals surface area (Å²) in [5, 5.41) is 7.98. The Hall–Kier alpha value is -1.39. The number of pyridine rings is 1. The van der Waals surface area contributed by atoms with Crippen LogP contribution >= 0.6 is 11.3 Å². The quantitative estimate of drug-likeness (QED) is 0.903. The normalized spacial score (nSPS) is 19.9. The summed E-state index contributed by atoms with van der Waals surface area (Å²) in [5.74, 6) is 0. The Balaban J connectivity index is 1.82. The number of rotatable bonds is 3. The molecule has 2 unspecified atom stereocenters. The van der Waals surface area contributed by atoms with Crippen LogP contribution in [0.25, 0.3) is 0 Å². The third-order valence-electron chi connectivity index (χ3n) is 3.83. The van der Waals surface area contributed by atoms with Crippen molar-refractivity contribution < 1.29 is 0 Å². The summed E-state index contributed by atoms with van der Waals surface area (Å²) < 4.78 is 0. The average Bonchev–Trinajstić information content (AvgIpc) is 2.92. The zero-order chi connectivity index (χ0) is 13.2. The minimum absolute atomic E-state index is 0.00489. The van der Waals surface area contributed by atoms with Gasteiger partial charge >= 0.3 is 0 Å². The Kier molecular flexibility index (Phi) is 3.53. The van der Waals surface area contributed by atoms with Crippen LogP contribution in [0.1, 0.15) is 48.7 Å². The van der Waals surface area contributed by atoms with E-state index in [1.807, 2.05) is 6.07 Å². The molecular weight excluding hydrogens is 256 g/mol. The lowest BCUT2D eigenvalue weighted by Crippen LogP contribution is -2.29. The molecule has 3 nitrogen and oxygen atoms in total. The molecule has 19 heavy (non-hydrogen) atoms. The fraction of sp³-hybridized carbons (Fsp3) is 0.400. The third-order valence-corrected chi connectivity index (χ3v) is 4.53. The van der Waals surface area contributed by atoms with Gasteiger partial charge in [-0.25, -0.2) is 0 Å². The van der Waals surface area contributed by atoms with Gasteiger partial charge in [-0.05, 0) is 54.1 Å². The number of nitrogens with one attached hydrogen (secondary N) is 2. The molecule has 0 bridgehead atoms. The Labute approximate surface area is 116 Å². The number of hydrogen-bond donors (Lipinski definition) is 2. The van der Waals surface area contributed by atoms with Crippen LogP contribution in [0.15, 0.2) is 33.8 Å². The first-order valence-corrected chi connectivity index (χ1v) is 7.68. The second-order valence-electron chi connectivity index (χ2n) is 5.15. The van der Waals surface area contributed by atoms with E-state index in [9.17, 15) is 4.79 Å². The molecular formula is C15H18N2OS. The first-order chi connectivity index (χ1) is 9.24. The first kappa shape index (κ1) is 12.6. The predicted molar refractivity (Wildman–Crippen MR) is 78.6 cm³/mol. The molecule has 2 heterocycles. The van der Waals surface area contributed by atoms with Crippen molar-refractivity contribution >= 4 is 11.3 Å². The number of H-pyrrole nitrogens is 1. The molecule has 1 aliphatic rings. The Morgan fingerprint density at radius 1 is 1.42 bits per heavy atom. The monoisotopic (exact) mass is 274 g/mol. The lowest BCUT2D eigenvalue weighted by Gasteiger charge is -2.28. The van der Waals surface area contributed by atoms with Crippen molar-refractivity contribution in [3.63, 3.8) is 0 Å². The van der Waals surface area contributed by atoms with Gasteiger partial charge in [-0.2, -0.15) is 11.3 Å². The second-order valence-corrected chi connectivity index (χ2v) is 5.93. The van der Waals surface area contributed by atoms with Gasteiger partial charge < -0.3 is 10.3 Å². The lowest BCUT2D eigenvalue weighted by molar-refractivity contribution is 0.412. The van der Waals surface area contributed by atoms with Crippen LogP contribution in [0.4, 0.5) is 0 Å². The van der Waals surface area contributed by atoms with Crippen LogP contribution in [-0.4, -0.2) is 4.98 Å². The van der Waals surface area contributed by atoms with Gasteiger partial charge in [0.1, 0.15) is 0 Å². The highest BCUT2D eigenvalue weighted by molar-refractivity contribution is 7.07. The van der Waals surface area contributed by atoms with E-state index in [4.69, 9.17) is 0 Å². The van der Waals surface area contributed by atoms with Crippen molar-refractivity contribution in [1.29, 1.82) is 0 Å². The van der Waals surface area contributed by atoms with E-state index in [0.29, 0.717) is 12.1 Å². The van der Waals surface area contributed by atoms with Crippen molar-refractivity contribution in [2.45, 2.75) is 38.3 Å². The van der Waals surface area contributed by atoms with E-state index in [0.717, 1.165) is 25.0 Å². The van der Waals surface area contributed by atoms with Crippen LogP contribution in [0, 0.1) is 0 Å². The molecule has 0 saturated carbocycles. The number of hydrogen-bond acceptors (Lipinski definition) is 3. The Morgan fingerprint density at radius 2 is 2.32 bits per heavy atom. The zero-order valence-electron chi connectivity index (χ0n) is 11.0. The average molecular weight is 274 g/mol. The lowest BCUT2D eigenvalue weighted by atomic mass is 9.90. The molecule has 0 radical (unpaired) electrons. The van der Waals surface area contributed by atoms with Crippen LogP contribution in [0.2, 0.25) is 0 Å². The van der Waals surface area contributed by atoms with Crippen LogP contribution < -0.4 is 10.9 Å². The summed E-state index contributed by atoms with van der Waals surface area (Å²) in [6.45, 7) is 2.20. The predicted octanol–water partition coefficient (Wildman–Crippen LogP) is 3.16. The molecule has 2 N–H and O–H groups in total. The molecule has 0 spiro atoms. The Bertz CT molecular complexity index is 603. The van der Waals surface area contributed by atoms with Crippen molar-refractivity contribution in [2.24, 2.45) is 0 Å². The molecule has 0 aromatic carbocycles. The van der Waals surface area contributed by atoms with Gasteiger partial charge in [0.15, 0.2) is 0 Å². The van der Waals surface area contributed by atoms with Gasteiger partial charge in [-0.1, -0.05) is 6.07 Å². The molecule has 1 aliphatic carbocycles. The number of aryl methyl sites for hydroxylation is 1. The Morgan fingerprint density at radius 3 is 3.11 bits per heavy atom. The van der Waals surface area contributed by atoms with Crippen LogP contribution in [-0.2, 0) is 6.42 Å². The molecule has 3 rings (SSSR count). The molecule has 2 aromatic heterocycles. The molecule has 2 atom stereocenters. The maximum atomic E-state index is 11.4. The fourth-order valence-corrected chi connectivity index (χ4v) is 3.55. The number of thiophene rings is 1. The topological polar surface area (TPSA) is 44.9 Å². The van der Waals surface area contributed by atoms with Gasteiger partial charge in [0, 0.05) is 23.8 Å². The standard InChI is InChI=1S/C15H18N2OS/c1-10(11-7-8-19-9-11)16-13-3-2-4-14-12(13)5-6-15(18)17-14/h5-10,13,16H,2-4H2,1H3,(H,17,18). The molecule has 0 saturated heterocycles. The number of aromatic nitrogens is 1. The molecule has 0 fully saturated rings. The molecule has 2 aromatic rings. The van der Waals surface area contributed by atoms with Crippen molar-refractivity contribution in [3.05, 3.63) is 56.1 Å². The van der Waals surface area contributed by atoms with Gasteiger partial charge in [0.2, 0.25) is 5.56 Å². The SMILES string of the molecule is CC(NC1CCCc2[nH]c(=O)ccc21)c1ccsc1. The molecule has 0 amide bonds. The minimum atomic E-state index is 0.00489. The summed E-state index contributed by atoms with van der Waals surface area (Å²) >= 11 is 1.73. The zero-order valence-corrected chi connectivity index (χ0v) is 11.8. The van der Waals surface area contributed by atoms with E-state index in [1.165, 1.54) is 11.1 Å². The smallest absolute Gasteiger partial charge is 0.248 e. The van der Waals surface area contributed by atoms with Gasteiger partial charge in [-0.3, -0.25) is 4.79 Å². The summed E-state index contributed by atoms with van der Waals surface area (Å²) in [4.78, 5) is 14.4. The highest BCUT2D eigenvalue weighted by atomic mass is 32.1. The van der Waals surface area contributed by atoms with E-state index in [-0.39, 0.29) is 5.56 Å². The summed E-state index contributed by atoms with van der Waals surface area (Å²) in [6, 6.07) is 6.46. The van der Waals surface area contributed by atoms with Crippen molar-refractivity contribution in [2.75, 3.05) is 0 Å². The summed E-state index contributed by atoms with van der Waals surface area (Å²) in [7, 11) is 0. The van der Waals surface area contributed by atoms with Gasteiger partial charge in [0.05, 0.1) is 0 Å². The maximum Gasteiger partial charge on any atom is 0.248 e. The van der Waals surface area contributed by atoms with E-state index >= 15 is 0 Å². The largest absolute Gasteiger partial charge is 0.326 e. The number of fused-ring (bicyclic) bond motifs is 1. The number of aromatic amines is 1. The molecule has 4 heteroatoms. The van der Waals surface area contributed by atoms with Crippen molar-refractivity contribution in [3.8, 4) is 0 Å². The van der Waals surface area contributed by atoms with Crippen molar-refractivity contribution in [1.82, 2.24) is 10.3 Å². The summed E-state index contributed by atoms with van der Waals surface area (Å²) in [6.07, 6.45) is 3.24. The molecule has 0 aliphatic heterocycles. The van der Waals surface area contributed by atoms with Gasteiger partial charge in [-0.15, -0.1) is 0 Å². The van der Waals surface area contributed by atoms with E-state index in [1.54, 1.807) is 17.4 Å². The highest BCUT2D eigenvalue weighted by Crippen LogP contribution is 2.30. The second kappa shape index (κ2) is 5.31. The van der Waals surface area contributed by atoms with Gasteiger partial charge in [0.25, 0.3) is 0 Å². The van der Waals surface area contributed by atoms with E-state index < -0.39 is 0 Å². The van der Waals surface area contributed by atoms with E-state index in [2.05, 4.69) is 34.1 Å². The third kappa shape index (κ3) is 2.65. The van der Waals surface area contributed by atoms with Crippen LogP contribution in [0.3, 0.4) is 0 Å². The molecule has 100 valence electrons. The highest BCUT2D eigenvalue weighted by Gasteiger charge is 2.22. The first-order valence-electron chi connectivity index (χ1n) is 6.74. The fourth-order valence-electron chi connectivity index (χ4n) is 2.79. The van der Waals surface area contributed by atoms with Crippen LogP contribution in [0.5, 0.6) is 0 Å². The summed E-state index contributed by atoms with van der Waals surface area (Å²) in [5.41, 5.74) is 3.70.